The number of piperidine rings is 1. The predicted octanol–water partition coefficient (Wildman–Crippen LogP) is 4.43. The van der Waals surface area contributed by atoms with E-state index in [1.807, 2.05) is 23.1 Å². The van der Waals surface area contributed by atoms with Crippen molar-refractivity contribution in [3.05, 3.63) is 83.9 Å². The highest BCUT2D eigenvalue weighted by Gasteiger charge is 2.42. The van der Waals surface area contributed by atoms with Crippen molar-refractivity contribution in [3.8, 4) is 16.9 Å². The van der Waals surface area contributed by atoms with E-state index in [9.17, 15) is 9.18 Å². The summed E-state index contributed by atoms with van der Waals surface area (Å²) in [5.74, 6) is -0.160. The number of rotatable bonds is 2. The first kappa shape index (κ1) is 18.8. The minimum absolute atomic E-state index is 0.0156. The summed E-state index contributed by atoms with van der Waals surface area (Å²) in [6, 6.07) is 15.9. The van der Waals surface area contributed by atoms with Crippen molar-refractivity contribution in [3.63, 3.8) is 0 Å². The standard InChI is InChI=1S/C24H21FN2O3/c25-21-6-3-17(4-7-21)18-5-8-22-20(14-18)16-29-24(30-22)9-12-27(13-10-24)23(28)19-2-1-11-26-15-19/h1-8,11,14-15H,9-10,12-13,16H2. The Kier molecular flexibility index (Phi) is 4.71. The van der Waals surface area contributed by atoms with Gasteiger partial charge in [0, 0.05) is 43.9 Å². The van der Waals surface area contributed by atoms with Crippen LogP contribution in [0.3, 0.4) is 0 Å². The van der Waals surface area contributed by atoms with Crippen LogP contribution in [0.2, 0.25) is 0 Å². The fourth-order valence-electron chi connectivity index (χ4n) is 4.02. The topological polar surface area (TPSA) is 51.7 Å². The van der Waals surface area contributed by atoms with Crippen molar-refractivity contribution in [2.45, 2.75) is 25.2 Å². The van der Waals surface area contributed by atoms with Crippen LogP contribution in [0.4, 0.5) is 4.39 Å². The minimum Gasteiger partial charge on any atom is -0.462 e. The number of carbonyl (C=O) groups excluding carboxylic acids is 1. The molecule has 6 heteroatoms. The molecule has 152 valence electrons. The van der Waals surface area contributed by atoms with Crippen LogP contribution in [0.5, 0.6) is 5.75 Å². The van der Waals surface area contributed by atoms with Crippen LogP contribution in [-0.4, -0.2) is 34.7 Å². The van der Waals surface area contributed by atoms with E-state index in [-0.39, 0.29) is 11.7 Å². The lowest BCUT2D eigenvalue weighted by Gasteiger charge is -2.44. The molecule has 1 saturated heterocycles. The molecule has 2 aromatic carbocycles. The number of aromatic nitrogens is 1. The Morgan fingerprint density at radius 1 is 1.03 bits per heavy atom. The quantitative estimate of drug-likeness (QED) is 0.634. The first-order valence-electron chi connectivity index (χ1n) is 10.0. The molecule has 3 aromatic rings. The van der Waals surface area contributed by atoms with Gasteiger partial charge in [-0.3, -0.25) is 9.78 Å². The number of likely N-dealkylation sites (tertiary alicyclic amines) is 1. The number of carbonyl (C=O) groups is 1. The van der Waals surface area contributed by atoms with Gasteiger partial charge in [0.1, 0.15) is 11.6 Å². The number of amides is 1. The molecule has 0 radical (unpaired) electrons. The fourth-order valence-corrected chi connectivity index (χ4v) is 4.02. The van der Waals surface area contributed by atoms with E-state index in [4.69, 9.17) is 9.47 Å². The summed E-state index contributed by atoms with van der Waals surface area (Å²) < 4.78 is 25.6. The molecule has 0 N–H and O–H groups in total. The Bertz CT molecular complexity index is 1060. The number of benzene rings is 2. The second-order valence-electron chi connectivity index (χ2n) is 7.66. The molecular weight excluding hydrogens is 383 g/mol. The molecule has 0 bridgehead atoms. The molecule has 3 heterocycles. The minimum atomic E-state index is -0.698. The van der Waals surface area contributed by atoms with Crippen molar-refractivity contribution in [2.75, 3.05) is 13.1 Å². The van der Waals surface area contributed by atoms with Crippen LogP contribution >= 0.6 is 0 Å². The van der Waals surface area contributed by atoms with Gasteiger partial charge in [-0.15, -0.1) is 0 Å². The summed E-state index contributed by atoms with van der Waals surface area (Å²) in [6.07, 6.45) is 4.47. The lowest BCUT2D eigenvalue weighted by Crippen LogP contribution is -2.52. The molecule has 1 amide bonds. The first-order chi connectivity index (χ1) is 14.6. The van der Waals surface area contributed by atoms with Crippen LogP contribution in [0.1, 0.15) is 28.8 Å². The second-order valence-corrected chi connectivity index (χ2v) is 7.66. The predicted molar refractivity (Wildman–Crippen MR) is 109 cm³/mol. The average Bonchev–Trinajstić information content (AvgIpc) is 2.80. The average molecular weight is 404 g/mol. The number of hydrogen-bond acceptors (Lipinski definition) is 4. The number of hydrogen-bond donors (Lipinski definition) is 0. The van der Waals surface area contributed by atoms with Crippen molar-refractivity contribution in [2.24, 2.45) is 0 Å². The lowest BCUT2D eigenvalue weighted by atomic mass is 9.98. The van der Waals surface area contributed by atoms with Crippen LogP contribution in [-0.2, 0) is 11.3 Å². The highest BCUT2D eigenvalue weighted by molar-refractivity contribution is 5.93. The fraction of sp³-hybridized carbons (Fsp3) is 0.250. The summed E-state index contributed by atoms with van der Waals surface area (Å²) in [5, 5.41) is 0. The number of halogens is 1. The number of fused-ring (bicyclic) bond motifs is 1. The van der Waals surface area contributed by atoms with Gasteiger partial charge in [0.05, 0.1) is 12.2 Å². The normalized spacial score (nSPS) is 17.3. The molecule has 0 unspecified atom stereocenters. The molecule has 1 fully saturated rings. The van der Waals surface area contributed by atoms with E-state index < -0.39 is 5.79 Å². The molecule has 30 heavy (non-hydrogen) atoms. The zero-order valence-corrected chi connectivity index (χ0v) is 16.4. The number of nitrogens with zero attached hydrogens (tertiary/aromatic N) is 2. The van der Waals surface area contributed by atoms with Crippen LogP contribution in [0.25, 0.3) is 11.1 Å². The number of ether oxygens (including phenoxy) is 2. The van der Waals surface area contributed by atoms with E-state index >= 15 is 0 Å². The Balaban J connectivity index is 1.28. The van der Waals surface area contributed by atoms with Gasteiger partial charge < -0.3 is 14.4 Å². The highest BCUT2D eigenvalue weighted by atomic mass is 19.1. The van der Waals surface area contributed by atoms with Gasteiger partial charge in [-0.2, -0.15) is 0 Å². The largest absolute Gasteiger partial charge is 0.462 e. The zero-order valence-electron chi connectivity index (χ0n) is 16.4. The van der Waals surface area contributed by atoms with Gasteiger partial charge >= 0.3 is 0 Å². The summed E-state index contributed by atoms with van der Waals surface area (Å²) in [5.41, 5.74) is 3.50. The molecule has 0 atom stereocenters. The van der Waals surface area contributed by atoms with E-state index in [1.165, 1.54) is 12.1 Å². The second kappa shape index (κ2) is 7.54. The third-order valence-electron chi connectivity index (χ3n) is 5.75. The van der Waals surface area contributed by atoms with E-state index in [0.717, 1.165) is 22.4 Å². The van der Waals surface area contributed by atoms with Crippen LogP contribution < -0.4 is 4.74 Å². The van der Waals surface area contributed by atoms with Crippen molar-refractivity contribution >= 4 is 5.91 Å². The summed E-state index contributed by atoms with van der Waals surface area (Å²) >= 11 is 0. The zero-order chi connectivity index (χ0) is 20.6. The van der Waals surface area contributed by atoms with E-state index in [0.29, 0.717) is 38.1 Å². The molecule has 5 nitrogen and oxygen atoms in total. The van der Waals surface area contributed by atoms with Crippen LogP contribution in [0, 0.1) is 5.82 Å². The maximum atomic E-state index is 13.2. The van der Waals surface area contributed by atoms with Gasteiger partial charge in [0.15, 0.2) is 0 Å². The molecule has 1 spiro atoms. The Labute approximate surface area is 174 Å². The molecular formula is C24H21FN2O3. The highest BCUT2D eigenvalue weighted by Crippen LogP contribution is 2.39. The summed E-state index contributed by atoms with van der Waals surface area (Å²) in [6.45, 7) is 1.58. The lowest BCUT2D eigenvalue weighted by molar-refractivity contribution is -0.225. The smallest absolute Gasteiger partial charge is 0.255 e. The van der Waals surface area contributed by atoms with Crippen LogP contribution in [0.15, 0.2) is 67.0 Å². The number of pyridine rings is 1. The molecule has 0 saturated carbocycles. The molecule has 0 aliphatic carbocycles. The van der Waals surface area contributed by atoms with Gasteiger partial charge in [-0.25, -0.2) is 4.39 Å². The van der Waals surface area contributed by atoms with Crippen molar-refractivity contribution in [1.82, 2.24) is 9.88 Å². The summed E-state index contributed by atoms with van der Waals surface area (Å²) in [7, 11) is 0. The monoisotopic (exact) mass is 404 g/mol. The molecule has 5 rings (SSSR count). The maximum absolute atomic E-state index is 13.2. The van der Waals surface area contributed by atoms with Gasteiger partial charge in [-0.1, -0.05) is 18.2 Å². The molecule has 2 aliphatic heterocycles. The van der Waals surface area contributed by atoms with Crippen molar-refractivity contribution < 1.29 is 18.7 Å². The van der Waals surface area contributed by atoms with Gasteiger partial charge in [-0.05, 0) is 47.5 Å². The van der Waals surface area contributed by atoms with Gasteiger partial charge in [0.2, 0.25) is 5.79 Å². The third kappa shape index (κ3) is 3.55. The summed E-state index contributed by atoms with van der Waals surface area (Å²) in [4.78, 5) is 18.5. The first-order valence-corrected chi connectivity index (χ1v) is 10.0. The Morgan fingerprint density at radius 2 is 1.80 bits per heavy atom. The van der Waals surface area contributed by atoms with Crippen molar-refractivity contribution in [1.29, 1.82) is 0 Å². The van der Waals surface area contributed by atoms with E-state index in [1.54, 1.807) is 36.7 Å². The Hall–Kier alpha value is -3.25. The third-order valence-corrected chi connectivity index (χ3v) is 5.75. The van der Waals surface area contributed by atoms with E-state index in [2.05, 4.69) is 4.98 Å². The maximum Gasteiger partial charge on any atom is 0.255 e. The Morgan fingerprint density at radius 3 is 2.53 bits per heavy atom. The SMILES string of the molecule is O=C(c1cccnc1)N1CCC2(CC1)OCc1cc(-c3ccc(F)cc3)ccc1O2. The molecule has 2 aliphatic rings. The molecule has 1 aromatic heterocycles. The van der Waals surface area contributed by atoms with Gasteiger partial charge in [0.25, 0.3) is 5.91 Å².